The van der Waals surface area contributed by atoms with Crippen LogP contribution in [0.15, 0.2) is 48.2 Å². The fourth-order valence-electron chi connectivity index (χ4n) is 3.34. The van der Waals surface area contributed by atoms with Gasteiger partial charge in [0.15, 0.2) is 5.60 Å². The molecule has 0 saturated heterocycles. The van der Waals surface area contributed by atoms with Gasteiger partial charge in [-0.3, -0.25) is 0 Å². The van der Waals surface area contributed by atoms with E-state index in [1.807, 2.05) is 19.9 Å². The third-order valence-electron chi connectivity index (χ3n) is 4.19. The molecule has 0 spiro atoms. The summed E-state index contributed by atoms with van der Waals surface area (Å²) in [6, 6.07) is 14.8. The van der Waals surface area contributed by atoms with Gasteiger partial charge in [0.25, 0.3) is 0 Å². The lowest BCUT2D eigenvalue weighted by Crippen LogP contribution is -2.35. The van der Waals surface area contributed by atoms with Crippen LogP contribution in [0.25, 0.3) is 16.7 Å². The van der Waals surface area contributed by atoms with Crippen LogP contribution in [0.2, 0.25) is 0 Å². The van der Waals surface area contributed by atoms with E-state index in [1.165, 1.54) is 16.7 Å². The predicted octanol–water partition coefficient (Wildman–Crippen LogP) is 5.21. The quantitative estimate of drug-likeness (QED) is 0.757. The lowest BCUT2D eigenvalue weighted by Gasteiger charge is -2.35. The van der Waals surface area contributed by atoms with E-state index < -0.39 is 5.60 Å². The first kappa shape index (κ1) is 14.7. The van der Waals surface area contributed by atoms with Crippen LogP contribution >= 0.6 is 0 Å². The Bertz CT molecular complexity index is 754. The number of benzene rings is 2. The van der Waals surface area contributed by atoms with Crippen molar-refractivity contribution in [1.29, 1.82) is 0 Å². The van der Waals surface area contributed by atoms with Crippen LogP contribution in [0.4, 0.5) is 0 Å². The summed E-state index contributed by atoms with van der Waals surface area (Å²) in [5.74, 6) is 1.81. The molecule has 1 aliphatic heterocycles. The van der Waals surface area contributed by atoms with Gasteiger partial charge in [-0.1, -0.05) is 42.0 Å². The molecule has 1 aliphatic rings. The highest BCUT2D eigenvalue weighted by Crippen LogP contribution is 2.45. The number of fused-ring (bicyclic) bond motifs is 1. The van der Waals surface area contributed by atoms with E-state index in [4.69, 9.17) is 9.47 Å². The molecule has 22 heavy (non-hydrogen) atoms. The third-order valence-corrected chi connectivity index (χ3v) is 4.19. The maximum atomic E-state index is 6.20. The molecule has 0 fully saturated rings. The van der Waals surface area contributed by atoms with Gasteiger partial charge in [0, 0.05) is 11.1 Å². The van der Waals surface area contributed by atoms with Crippen LogP contribution in [-0.4, -0.2) is 12.7 Å². The van der Waals surface area contributed by atoms with Gasteiger partial charge in [0.2, 0.25) is 0 Å². The first-order valence-electron chi connectivity index (χ1n) is 7.59. The molecule has 0 radical (unpaired) electrons. The molecule has 3 rings (SSSR count). The molecule has 2 aromatic carbocycles. The van der Waals surface area contributed by atoms with E-state index in [-0.39, 0.29) is 0 Å². The second-order valence-corrected chi connectivity index (χ2v) is 6.32. The normalized spacial score (nSPS) is 16.0. The lowest BCUT2D eigenvalue weighted by molar-refractivity contribution is 0.0740. The van der Waals surface area contributed by atoms with E-state index in [1.54, 1.807) is 7.11 Å². The van der Waals surface area contributed by atoms with Crippen molar-refractivity contribution >= 4 is 5.57 Å². The molecule has 0 atom stereocenters. The number of methoxy groups -OCH3 is 1. The molecule has 0 N–H and O–H groups in total. The monoisotopic (exact) mass is 294 g/mol. The molecule has 2 heteroatoms. The predicted molar refractivity (Wildman–Crippen MR) is 90.9 cm³/mol. The maximum Gasteiger partial charge on any atom is 0.160 e. The molecule has 0 bridgehead atoms. The van der Waals surface area contributed by atoms with Crippen molar-refractivity contribution in [3.05, 3.63) is 59.4 Å². The van der Waals surface area contributed by atoms with Crippen LogP contribution in [0.1, 0.15) is 31.9 Å². The number of hydrogen-bond donors (Lipinski definition) is 0. The van der Waals surface area contributed by atoms with Crippen molar-refractivity contribution < 1.29 is 9.47 Å². The van der Waals surface area contributed by atoms with Gasteiger partial charge >= 0.3 is 0 Å². The molecule has 0 saturated carbocycles. The third kappa shape index (κ3) is 2.29. The Balaban J connectivity index is 2.27. The summed E-state index contributed by atoms with van der Waals surface area (Å²) in [5, 5.41) is 0. The van der Waals surface area contributed by atoms with Gasteiger partial charge in [-0.2, -0.15) is 0 Å². The zero-order valence-electron chi connectivity index (χ0n) is 13.9. The topological polar surface area (TPSA) is 18.5 Å². The summed E-state index contributed by atoms with van der Waals surface area (Å²) in [7, 11) is 1.71. The molecule has 1 heterocycles. The molecule has 0 aliphatic carbocycles. The number of allylic oxidation sites excluding steroid dienone is 1. The van der Waals surface area contributed by atoms with E-state index in [0.717, 1.165) is 22.6 Å². The van der Waals surface area contributed by atoms with Crippen molar-refractivity contribution in [3.8, 4) is 16.9 Å². The molecule has 2 nitrogen and oxygen atoms in total. The van der Waals surface area contributed by atoms with Crippen molar-refractivity contribution in [3.63, 3.8) is 0 Å². The Morgan fingerprint density at radius 3 is 2.41 bits per heavy atom. The zero-order valence-corrected chi connectivity index (χ0v) is 13.9. The Hall–Kier alpha value is -2.22. The Kier molecular flexibility index (Phi) is 3.48. The Morgan fingerprint density at radius 1 is 1.00 bits per heavy atom. The second kappa shape index (κ2) is 5.20. The van der Waals surface area contributed by atoms with Crippen LogP contribution < -0.4 is 4.74 Å². The van der Waals surface area contributed by atoms with Gasteiger partial charge < -0.3 is 9.47 Å². The van der Waals surface area contributed by atoms with Crippen molar-refractivity contribution in [1.82, 2.24) is 0 Å². The number of ether oxygens (including phenoxy) is 2. The molecular formula is C20H22O2. The summed E-state index contributed by atoms with van der Waals surface area (Å²) < 4.78 is 11.8. The van der Waals surface area contributed by atoms with E-state index in [9.17, 15) is 0 Å². The number of rotatable bonds is 2. The maximum absolute atomic E-state index is 6.20. The van der Waals surface area contributed by atoms with Gasteiger partial charge in [-0.25, -0.2) is 0 Å². The van der Waals surface area contributed by atoms with Crippen molar-refractivity contribution in [2.45, 2.75) is 33.3 Å². The van der Waals surface area contributed by atoms with E-state index in [2.05, 4.69) is 50.2 Å². The molecule has 0 amide bonds. The highest BCUT2D eigenvalue weighted by molar-refractivity contribution is 5.86. The Labute approximate surface area is 132 Å². The first-order valence-corrected chi connectivity index (χ1v) is 7.59. The average Bonchev–Trinajstić information content (AvgIpc) is 2.46. The standard InChI is InChI=1S/C20H22O2/c1-13-8-6-9-15(12-13)16-10-7-11-17-18(16)14(2)19(21-5)20(3,4)22-17/h6-12H,1-5H3. The summed E-state index contributed by atoms with van der Waals surface area (Å²) in [6.45, 7) is 8.30. The molecule has 0 unspecified atom stereocenters. The molecule has 0 aromatic heterocycles. The first-order chi connectivity index (χ1) is 10.4. The van der Waals surface area contributed by atoms with Crippen LogP contribution in [-0.2, 0) is 4.74 Å². The zero-order chi connectivity index (χ0) is 15.9. The highest BCUT2D eigenvalue weighted by atomic mass is 16.5. The van der Waals surface area contributed by atoms with Gasteiger partial charge in [0.1, 0.15) is 11.5 Å². The SMILES string of the molecule is COC1=C(C)c2c(cccc2-c2cccc(C)c2)OC1(C)C. The van der Waals surface area contributed by atoms with E-state index >= 15 is 0 Å². The second-order valence-electron chi connectivity index (χ2n) is 6.32. The summed E-state index contributed by atoms with van der Waals surface area (Å²) >= 11 is 0. The van der Waals surface area contributed by atoms with E-state index in [0.29, 0.717) is 0 Å². The minimum Gasteiger partial charge on any atom is -0.497 e. The van der Waals surface area contributed by atoms with Crippen molar-refractivity contribution in [2.75, 3.05) is 7.11 Å². The summed E-state index contributed by atoms with van der Waals surface area (Å²) in [5.41, 5.74) is 5.46. The average molecular weight is 294 g/mol. The smallest absolute Gasteiger partial charge is 0.160 e. The fraction of sp³-hybridized carbons (Fsp3) is 0.300. The molecule has 2 aromatic rings. The highest BCUT2D eigenvalue weighted by Gasteiger charge is 2.35. The fourth-order valence-corrected chi connectivity index (χ4v) is 3.34. The number of aryl methyl sites for hydroxylation is 1. The minimum atomic E-state index is -0.447. The van der Waals surface area contributed by atoms with Crippen molar-refractivity contribution in [2.24, 2.45) is 0 Å². The van der Waals surface area contributed by atoms with Crippen LogP contribution in [0.5, 0.6) is 5.75 Å². The number of hydrogen-bond acceptors (Lipinski definition) is 2. The summed E-state index contributed by atoms with van der Waals surface area (Å²) in [6.07, 6.45) is 0. The van der Waals surface area contributed by atoms with Crippen LogP contribution in [0, 0.1) is 6.92 Å². The largest absolute Gasteiger partial charge is 0.497 e. The molecular weight excluding hydrogens is 272 g/mol. The minimum absolute atomic E-state index is 0.447. The Morgan fingerprint density at radius 2 is 1.73 bits per heavy atom. The van der Waals surface area contributed by atoms with Gasteiger partial charge in [-0.05, 0) is 44.9 Å². The lowest BCUT2D eigenvalue weighted by atomic mass is 9.88. The van der Waals surface area contributed by atoms with Gasteiger partial charge in [0.05, 0.1) is 7.11 Å². The van der Waals surface area contributed by atoms with Crippen LogP contribution in [0.3, 0.4) is 0 Å². The molecule has 114 valence electrons. The summed E-state index contributed by atoms with van der Waals surface area (Å²) in [4.78, 5) is 0. The van der Waals surface area contributed by atoms with Gasteiger partial charge in [-0.15, -0.1) is 0 Å².